The topological polar surface area (TPSA) is 75.7 Å². The Morgan fingerprint density at radius 3 is 2.21 bits per heavy atom. The van der Waals surface area contributed by atoms with Gasteiger partial charge in [0.15, 0.2) is 0 Å². The number of rotatable bonds is 3. The first kappa shape index (κ1) is 13.2. The van der Waals surface area contributed by atoms with Gasteiger partial charge in [-0.1, -0.05) is 24.3 Å². The molecule has 0 saturated heterocycles. The van der Waals surface area contributed by atoms with Gasteiger partial charge in [-0.3, -0.25) is 0 Å². The Bertz CT molecular complexity index is 624. The fraction of sp³-hybridized carbons (Fsp3) is 0.200. The highest BCUT2D eigenvalue weighted by molar-refractivity contribution is 5.52. The number of benzene rings is 2. The molecule has 2 rings (SSSR count). The van der Waals surface area contributed by atoms with Crippen molar-refractivity contribution in [3.05, 3.63) is 63.6 Å². The Morgan fingerprint density at radius 1 is 1.05 bits per heavy atom. The first-order chi connectivity index (χ1) is 9.02. The third kappa shape index (κ3) is 2.63. The summed E-state index contributed by atoms with van der Waals surface area (Å²) in [7, 11) is 0. The van der Waals surface area contributed by atoms with E-state index in [-0.39, 0.29) is 0 Å². The van der Waals surface area contributed by atoms with Crippen LogP contribution in [-0.4, -0.2) is 5.11 Å². The molecule has 98 valence electrons. The lowest BCUT2D eigenvalue weighted by molar-refractivity contribution is 0.220. The predicted octanol–water partition coefficient (Wildman–Crippen LogP) is 3.37. The number of nitrogen functional groups attached to an aromatic ring is 1. The van der Waals surface area contributed by atoms with Gasteiger partial charge >= 0.3 is 0 Å². The summed E-state index contributed by atoms with van der Waals surface area (Å²) < 4.78 is 0. The quantitative estimate of drug-likeness (QED) is 0.653. The van der Waals surface area contributed by atoms with Crippen molar-refractivity contribution >= 4 is 11.4 Å². The summed E-state index contributed by atoms with van der Waals surface area (Å²) in [6, 6.07) is 10.6. The van der Waals surface area contributed by atoms with E-state index < -0.39 is 6.10 Å². The van der Waals surface area contributed by atoms with Crippen molar-refractivity contribution in [3.8, 4) is 0 Å². The normalized spacial score (nSPS) is 12.2. The first-order valence-electron chi connectivity index (χ1n) is 6.01. The number of hydrogen-bond donors (Lipinski definition) is 2. The highest BCUT2D eigenvalue weighted by Gasteiger charge is 2.13. The Balaban J connectivity index is 2.40. The van der Waals surface area contributed by atoms with Gasteiger partial charge in [0, 0.05) is 5.69 Å². The third-order valence-electron chi connectivity index (χ3n) is 3.27. The van der Waals surface area contributed by atoms with Crippen molar-refractivity contribution in [2.75, 3.05) is 5.73 Å². The zero-order valence-corrected chi connectivity index (χ0v) is 10.9. The van der Waals surface area contributed by atoms with E-state index in [1.165, 1.54) is 0 Å². The van der Waals surface area contributed by atoms with Crippen molar-refractivity contribution in [1.29, 1.82) is 0 Å². The van der Waals surface area contributed by atoms with Gasteiger partial charge in [-0.05, 0) is 53.4 Å². The highest BCUT2D eigenvalue weighted by Crippen LogP contribution is 2.29. The van der Waals surface area contributed by atoms with Crippen LogP contribution in [0.2, 0.25) is 0 Å². The Hall–Kier alpha value is -2.20. The summed E-state index contributed by atoms with van der Waals surface area (Å²) in [5.41, 5.74) is 9.90. The van der Waals surface area contributed by atoms with Gasteiger partial charge in [-0.2, -0.15) is 0 Å². The molecule has 2 aromatic carbocycles. The van der Waals surface area contributed by atoms with Crippen LogP contribution >= 0.6 is 0 Å². The fourth-order valence-electron chi connectivity index (χ4n) is 1.92. The minimum atomic E-state index is -0.816. The second-order valence-corrected chi connectivity index (χ2v) is 4.66. The van der Waals surface area contributed by atoms with Crippen LogP contribution < -0.4 is 5.73 Å². The number of anilines is 1. The Kier molecular flexibility index (Phi) is 3.62. The Morgan fingerprint density at radius 2 is 1.63 bits per heavy atom. The zero-order valence-electron chi connectivity index (χ0n) is 10.9. The molecule has 0 amide bonds. The maximum atomic E-state index is 10.7. The number of aliphatic hydroxyl groups excluding tert-OH is 1. The van der Waals surface area contributed by atoms with Crippen molar-refractivity contribution in [2.24, 2.45) is 5.18 Å². The molecule has 3 N–H and O–H groups in total. The average Bonchev–Trinajstić information content (AvgIpc) is 2.41. The van der Waals surface area contributed by atoms with Crippen LogP contribution in [-0.2, 0) is 0 Å². The van der Waals surface area contributed by atoms with Crippen LogP contribution in [0, 0.1) is 18.8 Å². The third-order valence-corrected chi connectivity index (χ3v) is 3.27. The maximum Gasteiger partial charge on any atom is 0.111 e. The van der Waals surface area contributed by atoms with E-state index in [9.17, 15) is 10.0 Å². The molecule has 0 fully saturated rings. The smallest absolute Gasteiger partial charge is 0.111 e. The molecule has 4 heteroatoms. The van der Waals surface area contributed by atoms with E-state index in [1.807, 2.05) is 19.1 Å². The van der Waals surface area contributed by atoms with Crippen LogP contribution in [0.25, 0.3) is 0 Å². The summed E-state index contributed by atoms with van der Waals surface area (Å²) in [4.78, 5) is 10.7. The number of hydrogen-bond acceptors (Lipinski definition) is 4. The van der Waals surface area contributed by atoms with E-state index in [0.717, 1.165) is 11.1 Å². The van der Waals surface area contributed by atoms with Gasteiger partial charge in [0.05, 0.1) is 0 Å². The molecule has 1 atom stereocenters. The summed E-state index contributed by atoms with van der Waals surface area (Å²) in [5, 5.41) is 13.3. The number of nitrogens with two attached hydrogens (primary N) is 1. The molecule has 0 aliphatic carbocycles. The molecule has 4 nitrogen and oxygen atoms in total. The minimum absolute atomic E-state index is 0.344. The second kappa shape index (κ2) is 5.20. The lowest BCUT2D eigenvalue weighted by Crippen LogP contribution is -2.01. The van der Waals surface area contributed by atoms with Crippen LogP contribution in [0.5, 0.6) is 0 Å². The molecule has 0 aliphatic heterocycles. The SMILES string of the molecule is Cc1ccc([C@H](O)c2ccc(C)c(N=O)c2)cc1N. The van der Waals surface area contributed by atoms with Gasteiger partial charge in [-0.15, -0.1) is 4.91 Å². The van der Waals surface area contributed by atoms with Crippen LogP contribution in [0.15, 0.2) is 41.6 Å². The molecule has 0 heterocycles. The lowest BCUT2D eigenvalue weighted by Gasteiger charge is -2.14. The standard InChI is InChI=1S/C15H16N2O2/c1-9-3-5-11(7-13(9)16)15(18)12-6-4-10(2)14(8-12)17-19/h3-8,15,18H,16H2,1-2H3/t15-/m0/s1. The second-order valence-electron chi connectivity index (χ2n) is 4.66. The van der Waals surface area contributed by atoms with Crippen molar-refractivity contribution in [1.82, 2.24) is 0 Å². The number of nitrogens with zero attached hydrogens (tertiary/aromatic N) is 1. The van der Waals surface area contributed by atoms with Crippen LogP contribution in [0.3, 0.4) is 0 Å². The molecule has 0 unspecified atom stereocenters. The molecule has 0 aromatic heterocycles. The number of aliphatic hydroxyl groups is 1. The minimum Gasteiger partial charge on any atom is -0.399 e. The molecule has 19 heavy (non-hydrogen) atoms. The zero-order chi connectivity index (χ0) is 14.0. The van der Waals surface area contributed by atoms with E-state index in [4.69, 9.17) is 5.73 Å². The van der Waals surface area contributed by atoms with E-state index in [2.05, 4.69) is 5.18 Å². The molecule has 0 aliphatic rings. The van der Waals surface area contributed by atoms with Crippen molar-refractivity contribution < 1.29 is 5.11 Å². The summed E-state index contributed by atoms with van der Waals surface area (Å²) >= 11 is 0. The maximum absolute atomic E-state index is 10.7. The summed E-state index contributed by atoms with van der Waals surface area (Å²) in [6.45, 7) is 3.71. The van der Waals surface area contributed by atoms with Crippen molar-refractivity contribution in [3.63, 3.8) is 0 Å². The molecule has 0 radical (unpaired) electrons. The lowest BCUT2D eigenvalue weighted by atomic mass is 9.98. The van der Waals surface area contributed by atoms with Gasteiger partial charge in [0.2, 0.25) is 0 Å². The van der Waals surface area contributed by atoms with Crippen LogP contribution in [0.1, 0.15) is 28.4 Å². The molecule has 0 saturated carbocycles. The molecular formula is C15H16N2O2. The molecular weight excluding hydrogens is 240 g/mol. The van der Waals surface area contributed by atoms with Gasteiger partial charge in [0.1, 0.15) is 11.8 Å². The van der Waals surface area contributed by atoms with Gasteiger partial charge < -0.3 is 10.8 Å². The Labute approximate surface area is 111 Å². The van der Waals surface area contributed by atoms with E-state index >= 15 is 0 Å². The van der Waals surface area contributed by atoms with Gasteiger partial charge in [-0.25, -0.2) is 0 Å². The largest absolute Gasteiger partial charge is 0.399 e. The van der Waals surface area contributed by atoms with E-state index in [0.29, 0.717) is 22.5 Å². The van der Waals surface area contributed by atoms with Gasteiger partial charge in [0.25, 0.3) is 0 Å². The van der Waals surface area contributed by atoms with E-state index in [1.54, 1.807) is 31.2 Å². The summed E-state index contributed by atoms with van der Waals surface area (Å²) in [5.74, 6) is 0. The number of nitroso groups, excluding NO2 is 1. The molecule has 0 spiro atoms. The van der Waals surface area contributed by atoms with Crippen molar-refractivity contribution in [2.45, 2.75) is 20.0 Å². The van der Waals surface area contributed by atoms with Crippen LogP contribution in [0.4, 0.5) is 11.4 Å². The highest BCUT2D eigenvalue weighted by atomic mass is 16.3. The average molecular weight is 256 g/mol. The summed E-state index contributed by atoms with van der Waals surface area (Å²) in [6.07, 6.45) is -0.816. The first-order valence-corrected chi connectivity index (χ1v) is 6.01. The number of aryl methyl sites for hydroxylation is 2. The molecule has 2 aromatic rings. The predicted molar refractivity (Wildman–Crippen MR) is 76.3 cm³/mol. The molecule has 0 bridgehead atoms. The monoisotopic (exact) mass is 256 g/mol. The fourth-order valence-corrected chi connectivity index (χ4v) is 1.92.